The summed E-state index contributed by atoms with van der Waals surface area (Å²) in [6.45, 7) is 4.57. The highest BCUT2D eigenvalue weighted by Gasteiger charge is 2.29. The zero-order valence-corrected chi connectivity index (χ0v) is 22.7. The third kappa shape index (κ3) is 6.82. The normalized spacial score (nSPS) is 16.9. The van der Waals surface area contributed by atoms with Crippen LogP contribution in [-0.4, -0.2) is 59.3 Å². The number of carbonyl (C=O) groups is 1. The lowest BCUT2D eigenvalue weighted by atomic mass is 9.77. The third-order valence-corrected chi connectivity index (χ3v) is 6.90. The minimum Gasteiger partial charge on any atom is -0.493 e. The Morgan fingerprint density at radius 1 is 0.889 bits per heavy atom. The number of nitrogens with zero attached hydrogens (tertiary/aromatic N) is 1. The molecule has 1 unspecified atom stereocenters. The fourth-order valence-electron chi connectivity index (χ4n) is 4.80. The number of ether oxygens (including phenoxy) is 4. The zero-order chi connectivity index (χ0) is 26.1. The first kappa shape index (κ1) is 27.6. The predicted octanol–water partition coefficient (Wildman–Crippen LogP) is 5.70. The second kappa shape index (κ2) is 13.4. The molecule has 4 rings (SSSR count). The first-order chi connectivity index (χ1) is 17.4. The maximum Gasteiger partial charge on any atom is 0.161 e. The van der Waals surface area contributed by atoms with E-state index in [9.17, 15) is 4.79 Å². The van der Waals surface area contributed by atoms with Gasteiger partial charge in [-0.2, -0.15) is 0 Å². The quantitative estimate of drug-likeness (QED) is 0.445. The van der Waals surface area contributed by atoms with Gasteiger partial charge in [-0.05, 0) is 79.4 Å². The Balaban J connectivity index is 0.000000202. The summed E-state index contributed by atoms with van der Waals surface area (Å²) in [5.41, 5.74) is 4.88. The van der Waals surface area contributed by atoms with Gasteiger partial charge < -0.3 is 23.8 Å². The van der Waals surface area contributed by atoms with Crippen LogP contribution in [0.3, 0.4) is 0 Å². The standard InChI is InChI=1S/C16H25NO2.C14H16O3/c1-5-6-7-17(2)11-13-8-12-9-15(18-3)16(19-4)10-14(12)13;1-16-13-8-10-5-3-4-6-12(15)7-11(10)9-14(13)17-2/h9-10,13H,5-8,11H2,1-4H3;3,5,8-9H,4,6-7H2,1-2H3/b;5-3-. The van der Waals surface area contributed by atoms with Crippen LogP contribution in [0.15, 0.2) is 30.3 Å². The molecule has 0 fully saturated rings. The monoisotopic (exact) mass is 495 g/mol. The molecule has 0 N–H and O–H groups in total. The highest BCUT2D eigenvalue weighted by Crippen LogP contribution is 2.42. The highest BCUT2D eigenvalue weighted by molar-refractivity contribution is 5.83. The number of likely N-dealkylation sites (N-methyl/N-ethyl adjacent to an activating group) is 1. The molecule has 0 spiro atoms. The Kier molecular flexibility index (Phi) is 10.2. The number of rotatable bonds is 9. The van der Waals surface area contributed by atoms with Crippen molar-refractivity contribution in [3.05, 3.63) is 52.6 Å². The number of methoxy groups -OCH3 is 4. The van der Waals surface area contributed by atoms with Gasteiger partial charge in [-0.1, -0.05) is 25.5 Å². The largest absolute Gasteiger partial charge is 0.493 e. The van der Waals surface area contributed by atoms with Crippen molar-refractivity contribution in [2.24, 2.45) is 0 Å². The van der Waals surface area contributed by atoms with Crippen molar-refractivity contribution < 1.29 is 23.7 Å². The number of fused-ring (bicyclic) bond motifs is 2. The predicted molar refractivity (Wildman–Crippen MR) is 145 cm³/mol. The van der Waals surface area contributed by atoms with E-state index in [0.29, 0.717) is 30.3 Å². The van der Waals surface area contributed by atoms with Crippen LogP contribution in [0.25, 0.3) is 6.08 Å². The maximum atomic E-state index is 11.6. The molecule has 0 saturated heterocycles. The molecule has 0 heterocycles. The number of benzene rings is 2. The topological polar surface area (TPSA) is 57.2 Å². The summed E-state index contributed by atoms with van der Waals surface area (Å²) in [5, 5.41) is 0. The summed E-state index contributed by atoms with van der Waals surface area (Å²) in [6, 6.07) is 8.08. The average Bonchev–Trinajstić information content (AvgIpc) is 2.87. The fourth-order valence-corrected chi connectivity index (χ4v) is 4.80. The van der Waals surface area contributed by atoms with E-state index in [1.807, 2.05) is 24.3 Å². The van der Waals surface area contributed by atoms with Crippen molar-refractivity contribution in [2.75, 3.05) is 48.6 Å². The Morgan fingerprint density at radius 2 is 1.50 bits per heavy atom. The minimum absolute atomic E-state index is 0.266. The van der Waals surface area contributed by atoms with Crippen LogP contribution in [0.2, 0.25) is 0 Å². The van der Waals surface area contributed by atoms with Crippen molar-refractivity contribution in [2.45, 2.75) is 51.4 Å². The van der Waals surface area contributed by atoms with Crippen molar-refractivity contribution in [1.29, 1.82) is 0 Å². The third-order valence-electron chi connectivity index (χ3n) is 6.90. The van der Waals surface area contributed by atoms with Crippen LogP contribution in [0.1, 0.15) is 60.8 Å². The second-order valence-corrected chi connectivity index (χ2v) is 9.49. The number of hydrogen-bond acceptors (Lipinski definition) is 6. The van der Waals surface area contributed by atoms with Crippen molar-refractivity contribution in [3.63, 3.8) is 0 Å². The van der Waals surface area contributed by atoms with Gasteiger partial charge in [-0.3, -0.25) is 4.79 Å². The Bertz CT molecular complexity index is 1060. The Hall–Kier alpha value is -2.99. The molecule has 0 aliphatic heterocycles. The van der Waals surface area contributed by atoms with Crippen LogP contribution >= 0.6 is 0 Å². The highest BCUT2D eigenvalue weighted by atomic mass is 16.5. The molecule has 0 saturated carbocycles. The first-order valence-corrected chi connectivity index (χ1v) is 12.8. The van der Waals surface area contributed by atoms with Crippen LogP contribution in [0.5, 0.6) is 23.0 Å². The van der Waals surface area contributed by atoms with Gasteiger partial charge in [0.25, 0.3) is 0 Å². The summed E-state index contributed by atoms with van der Waals surface area (Å²) < 4.78 is 21.2. The minimum atomic E-state index is 0.266. The number of carbonyl (C=O) groups excluding carboxylic acids is 1. The molecular formula is C30H41NO5. The van der Waals surface area contributed by atoms with Gasteiger partial charge in [0, 0.05) is 25.3 Å². The van der Waals surface area contributed by atoms with Crippen LogP contribution in [0.4, 0.5) is 0 Å². The van der Waals surface area contributed by atoms with Gasteiger partial charge in [0.2, 0.25) is 0 Å². The van der Waals surface area contributed by atoms with E-state index in [0.717, 1.165) is 42.0 Å². The van der Waals surface area contributed by atoms with Gasteiger partial charge in [0.05, 0.1) is 28.4 Å². The fraction of sp³-hybridized carbons (Fsp3) is 0.500. The molecule has 0 bridgehead atoms. The molecule has 2 aliphatic carbocycles. The lowest BCUT2D eigenvalue weighted by Gasteiger charge is -2.34. The Labute approximate surface area is 216 Å². The van der Waals surface area contributed by atoms with Gasteiger partial charge in [-0.25, -0.2) is 0 Å². The van der Waals surface area contributed by atoms with E-state index in [1.54, 1.807) is 28.4 Å². The smallest absolute Gasteiger partial charge is 0.161 e. The number of hydrogen-bond donors (Lipinski definition) is 0. The molecule has 196 valence electrons. The number of ketones is 1. The van der Waals surface area contributed by atoms with Crippen LogP contribution in [-0.2, 0) is 17.6 Å². The van der Waals surface area contributed by atoms with E-state index < -0.39 is 0 Å². The molecule has 36 heavy (non-hydrogen) atoms. The molecule has 6 nitrogen and oxygen atoms in total. The molecule has 2 aromatic rings. The van der Waals surface area contributed by atoms with Gasteiger partial charge in [0.15, 0.2) is 23.0 Å². The molecular weight excluding hydrogens is 454 g/mol. The van der Waals surface area contributed by atoms with E-state index in [-0.39, 0.29) is 5.78 Å². The van der Waals surface area contributed by atoms with Crippen molar-refractivity contribution in [1.82, 2.24) is 4.90 Å². The summed E-state index contributed by atoms with van der Waals surface area (Å²) in [4.78, 5) is 14.1. The van der Waals surface area contributed by atoms with Crippen LogP contribution < -0.4 is 18.9 Å². The lowest BCUT2D eigenvalue weighted by molar-refractivity contribution is -0.118. The van der Waals surface area contributed by atoms with Crippen molar-refractivity contribution in [3.8, 4) is 23.0 Å². The zero-order valence-electron chi connectivity index (χ0n) is 22.7. The summed E-state index contributed by atoms with van der Waals surface area (Å²) >= 11 is 0. The summed E-state index contributed by atoms with van der Waals surface area (Å²) in [6.07, 6.45) is 9.67. The first-order valence-electron chi connectivity index (χ1n) is 12.8. The number of unbranched alkanes of at least 4 members (excludes halogenated alkanes) is 1. The SMILES string of the molecule is CCCCN(C)CC1Cc2cc(OC)c(OC)cc21.COc1cc2c(cc1OC)CC(=O)CC/C=C\2. The lowest BCUT2D eigenvalue weighted by Crippen LogP contribution is -2.31. The molecule has 1 atom stereocenters. The molecule has 0 radical (unpaired) electrons. The van der Waals surface area contributed by atoms with E-state index in [2.05, 4.69) is 31.0 Å². The van der Waals surface area contributed by atoms with Crippen molar-refractivity contribution >= 4 is 11.9 Å². The summed E-state index contributed by atoms with van der Waals surface area (Å²) in [7, 11) is 8.82. The van der Waals surface area contributed by atoms with Gasteiger partial charge in [-0.15, -0.1) is 0 Å². The van der Waals surface area contributed by atoms with Gasteiger partial charge in [0.1, 0.15) is 5.78 Å². The average molecular weight is 496 g/mol. The molecule has 0 aromatic heterocycles. The molecule has 2 aromatic carbocycles. The molecule has 2 aliphatic rings. The van der Waals surface area contributed by atoms with E-state index in [1.165, 1.54) is 30.5 Å². The molecule has 6 heteroatoms. The van der Waals surface area contributed by atoms with E-state index in [4.69, 9.17) is 18.9 Å². The van der Waals surface area contributed by atoms with Crippen LogP contribution in [0, 0.1) is 0 Å². The molecule has 0 amide bonds. The Morgan fingerprint density at radius 3 is 2.14 bits per heavy atom. The van der Waals surface area contributed by atoms with Gasteiger partial charge >= 0.3 is 0 Å². The number of Topliss-reactive ketones (excluding diaryl/α,β-unsaturated/α-hetero) is 1. The van der Waals surface area contributed by atoms with E-state index >= 15 is 0 Å². The second-order valence-electron chi connectivity index (χ2n) is 9.49. The summed E-state index contributed by atoms with van der Waals surface area (Å²) in [5.74, 6) is 3.98. The maximum absolute atomic E-state index is 11.6. The number of allylic oxidation sites excluding steroid dienone is 1.